The Kier molecular flexibility index (Phi) is 2.92. The maximum absolute atomic E-state index is 12.8. The summed E-state index contributed by atoms with van der Waals surface area (Å²) >= 11 is 0. The van der Waals surface area contributed by atoms with E-state index in [1.807, 2.05) is 0 Å². The molecule has 0 aromatic carbocycles. The Bertz CT molecular complexity index is 619. The number of rotatable bonds is 2. The third-order valence-corrected chi connectivity index (χ3v) is 2.40. The van der Waals surface area contributed by atoms with Gasteiger partial charge >= 0.3 is 6.18 Å². The van der Waals surface area contributed by atoms with Crippen LogP contribution in [0.2, 0.25) is 6.32 Å². The maximum atomic E-state index is 12.8. The number of hydrogen-bond acceptors (Lipinski definition) is 3. The van der Waals surface area contributed by atoms with Crippen LogP contribution in [-0.4, -0.2) is 18.6 Å². The van der Waals surface area contributed by atoms with Crippen molar-refractivity contribution in [3.63, 3.8) is 0 Å². The normalized spacial score (nSPS) is 12.0. The molecule has 2 aromatic rings. The van der Waals surface area contributed by atoms with E-state index < -0.39 is 17.5 Å². The summed E-state index contributed by atoms with van der Waals surface area (Å²) < 4.78 is 43.4. The summed E-state index contributed by atoms with van der Waals surface area (Å²) in [6, 6.07) is 1.94. The topological polar surface area (TPSA) is 43.1 Å². The standard InChI is InChI=1S/C11H7BF3NO2/c1-5-2-7(11(13,14)15)6-3-9(8(17)4-12)18-10(6)16-5/h2-3H,4H2,1H3. The fourth-order valence-electron chi connectivity index (χ4n) is 1.61. The van der Waals surface area contributed by atoms with Crippen LogP contribution in [0.25, 0.3) is 11.1 Å². The van der Waals surface area contributed by atoms with Gasteiger partial charge in [0.15, 0.2) is 11.5 Å². The van der Waals surface area contributed by atoms with E-state index in [-0.39, 0.29) is 28.9 Å². The van der Waals surface area contributed by atoms with Gasteiger partial charge in [0.25, 0.3) is 0 Å². The molecule has 3 nitrogen and oxygen atoms in total. The number of nitrogens with zero attached hydrogens (tertiary/aromatic N) is 1. The van der Waals surface area contributed by atoms with Crippen LogP contribution in [0.4, 0.5) is 13.2 Å². The van der Waals surface area contributed by atoms with Gasteiger partial charge in [-0.2, -0.15) is 13.2 Å². The van der Waals surface area contributed by atoms with Crippen LogP contribution in [0.15, 0.2) is 16.5 Å². The second-order valence-electron chi connectivity index (χ2n) is 3.77. The molecule has 0 saturated carbocycles. The van der Waals surface area contributed by atoms with E-state index in [4.69, 9.17) is 12.3 Å². The van der Waals surface area contributed by atoms with Gasteiger partial charge in [-0.3, -0.25) is 4.79 Å². The van der Waals surface area contributed by atoms with Gasteiger partial charge in [-0.1, -0.05) is 0 Å². The zero-order valence-corrected chi connectivity index (χ0v) is 9.34. The first-order chi connectivity index (χ1) is 8.32. The summed E-state index contributed by atoms with van der Waals surface area (Å²) in [6.07, 6.45) is -4.86. The Morgan fingerprint density at radius 1 is 1.44 bits per heavy atom. The monoisotopic (exact) mass is 253 g/mol. The van der Waals surface area contributed by atoms with Crippen molar-refractivity contribution in [3.05, 3.63) is 29.2 Å². The molecule has 0 aliphatic heterocycles. The Labute approximate surface area is 101 Å². The molecule has 18 heavy (non-hydrogen) atoms. The average Bonchev–Trinajstić information content (AvgIpc) is 2.68. The first-order valence-electron chi connectivity index (χ1n) is 5.04. The summed E-state index contributed by atoms with van der Waals surface area (Å²) in [5.74, 6) is -0.783. The van der Waals surface area contributed by atoms with Crippen molar-refractivity contribution in [2.45, 2.75) is 19.4 Å². The number of alkyl halides is 3. The van der Waals surface area contributed by atoms with E-state index in [2.05, 4.69) is 4.98 Å². The summed E-state index contributed by atoms with van der Waals surface area (Å²) in [5, 5.41) is -0.232. The van der Waals surface area contributed by atoms with Crippen LogP contribution in [0.5, 0.6) is 0 Å². The SMILES string of the molecule is [B]CC(=O)c1cc2c(C(F)(F)F)cc(C)nc2o1. The smallest absolute Gasteiger partial charge is 0.417 e. The molecular weight excluding hydrogens is 246 g/mol. The summed E-state index contributed by atoms with van der Waals surface area (Å²) in [4.78, 5) is 15.1. The van der Waals surface area contributed by atoms with Crippen molar-refractivity contribution in [1.29, 1.82) is 0 Å². The molecule has 2 rings (SSSR count). The van der Waals surface area contributed by atoms with Gasteiger partial charge in [0.05, 0.1) is 18.8 Å². The van der Waals surface area contributed by atoms with Gasteiger partial charge in [0, 0.05) is 5.69 Å². The van der Waals surface area contributed by atoms with E-state index in [1.54, 1.807) is 0 Å². The number of aryl methyl sites for hydroxylation is 1. The summed E-state index contributed by atoms with van der Waals surface area (Å²) in [5.41, 5.74) is -0.917. The van der Waals surface area contributed by atoms with Gasteiger partial charge < -0.3 is 4.42 Å². The van der Waals surface area contributed by atoms with Gasteiger partial charge in [-0.05, 0) is 25.4 Å². The van der Waals surface area contributed by atoms with E-state index in [0.717, 1.165) is 12.1 Å². The predicted molar refractivity (Wildman–Crippen MR) is 58.6 cm³/mol. The molecule has 0 spiro atoms. The van der Waals surface area contributed by atoms with E-state index in [9.17, 15) is 18.0 Å². The third kappa shape index (κ3) is 2.12. The van der Waals surface area contributed by atoms with Crippen LogP contribution in [0.3, 0.4) is 0 Å². The lowest BCUT2D eigenvalue weighted by atomic mass is 9.99. The minimum absolute atomic E-state index is 0.163. The minimum Gasteiger partial charge on any atom is -0.435 e. The number of Topliss-reactive ketones (excluding diaryl/α,β-unsaturated/α-hetero) is 1. The van der Waals surface area contributed by atoms with Crippen molar-refractivity contribution in [1.82, 2.24) is 4.98 Å². The highest BCUT2D eigenvalue weighted by atomic mass is 19.4. The van der Waals surface area contributed by atoms with Gasteiger partial charge in [0.2, 0.25) is 5.71 Å². The van der Waals surface area contributed by atoms with Crippen molar-refractivity contribution in [2.24, 2.45) is 0 Å². The molecule has 2 heterocycles. The Hall–Kier alpha value is -1.79. The Morgan fingerprint density at radius 2 is 2.11 bits per heavy atom. The number of aromatic nitrogens is 1. The fraction of sp³-hybridized carbons (Fsp3) is 0.273. The van der Waals surface area contributed by atoms with Crippen LogP contribution < -0.4 is 0 Å². The molecule has 0 amide bonds. The van der Waals surface area contributed by atoms with E-state index in [0.29, 0.717) is 0 Å². The van der Waals surface area contributed by atoms with Gasteiger partial charge in [-0.15, -0.1) is 0 Å². The highest BCUT2D eigenvalue weighted by Crippen LogP contribution is 2.36. The highest BCUT2D eigenvalue weighted by molar-refractivity contribution is 6.23. The average molecular weight is 253 g/mol. The van der Waals surface area contributed by atoms with Crippen LogP contribution in [0, 0.1) is 6.92 Å². The molecular formula is C11H7BF3NO2. The summed E-state index contributed by atoms with van der Waals surface area (Å²) in [6.45, 7) is 1.42. The lowest BCUT2D eigenvalue weighted by Crippen LogP contribution is -2.06. The number of carbonyl (C=O) groups excluding carboxylic acids is 1. The second kappa shape index (κ2) is 4.15. The highest BCUT2D eigenvalue weighted by Gasteiger charge is 2.34. The van der Waals surface area contributed by atoms with Crippen molar-refractivity contribution < 1.29 is 22.4 Å². The molecule has 0 bridgehead atoms. The Balaban J connectivity index is 2.72. The first kappa shape index (κ1) is 12.7. The number of ketones is 1. The number of furan rings is 1. The lowest BCUT2D eigenvalue weighted by Gasteiger charge is -2.07. The molecule has 7 heteroatoms. The molecule has 0 aliphatic carbocycles. The molecule has 0 saturated heterocycles. The molecule has 2 radical (unpaired) electrons. The van der Waals surface area contributed by atoms with Crippen molar-refractivity contribution in [3.8, 4) is 0 Å². The lowest BCUT2D eigenvalue weighted by molar-refractivity contribution is -0.136. The number of hydrogen-bond donors (Lipinski definition) is 0. The van der Waals surface area contributed by atoms with Crippen LogP contribution in [-0.2, 0) is 6.18 Å². The quantitative estimate of drug-likeness (QED) is 0.610. The molecule has 0 aliphatic rings. The molecule has 0 N–H and O–H groups in total. The number of pyridine rings is 1. The van der Waals surface area contributed by atoms with Crippen molar-refractivity contribution in [2.75, 3.05) is 0 Å². The van der Waals surface area contributed by atoms with Gasteiger partial charge in [0.1, 0.15) is 0 Å². The molecule has 0 fully saturated rings. The van der Waals surface area contributed by atoms with Crippen LogP contribution in [0.1, 0.15) is 21.8 Å². The van der Waals surface area contributed by atoms with Crippen molar-refractivity contribution >= 4 is 24.7 Å². The fourth-order valence-corrected chi connectivity index (χ4v) is 1.61. The zero-order chi connectivity index (χ0) is 13.5. The molecule has 0 unspecified atom stereocenters. The maximum Gasteiger partial charge on any atom is 0.417 e. The van der Waals surface area contributed by atoms with Crippen LogP contribution >= 0.6 is 0 Å². The second-order valence-corrected chi connectivity index (χ2v) is 3.77. The molecule has 0 atom stereocenters. The zero-order valence-electron chi connectivity index (χ0n) is 9.34. The predicted octanol–water partition coefficient (Wildman–Crippen LogP) is 2.92. The minimum atomic E-state index is -4.53. The van der Waals surface area contributed by atoms with Gasteiger partial charge in [-0.25, -0.2) is 4.98 Å². The third-order valence-electron chi connectivity index (χ3n) is 2.40. The summed E-state index contributed by atoms with van der Waals surface area (Å²) in [7, 11) is 5.13. The molecule has 2 aromatic heterocycles. The Morgan fingerprint density at radius 3 is 2.67 bits per heavy atom. The number of halogens is 3. The van der Waals surface area contributed by atoms with E-state index >= 15 is 0 Å². The number of fused-ring (bicyclic) bond motifs is 1. The largest absolute Gasteiger partial charge is 0.435 e. The first-order valence-corrected chi connectivity index (χ1v) is 5.04. The van der Waals surface area contributed by atoms with E-state index in [1.165, 1.54) is 6.92 Å². The molecule has 92 valence electrons. The number of carbonyl (C=O) groups is 1.